The number of aliphatic hydroxyl groups is 2. The van der Waals surface area contributed by atoms with Crippen LogP contribution in [-0.4, -0.2) is 34.0 Å². The molecule has 4 nitrogen and oxygen atoms in total. The van der Waals surface area contributed by atoms with Gasteiger partial charge in [-0.2, -0.15) is 0 Å². The minimum absolute atomic E-state index is 0. The first-order valence-corrected chi connectivity index (χ1v) is 9.20. The minimum atomic E-state index is -1.18. The van der Waals surface area contributed by atoms with Crippen LogP contribution in [0.2, 0.25) is 0 Å². The van der Waals surface area contributed by atoms with E-state index in [4.69, 9.17) is 15.3 Å². The Kier molecular flexibility index (Phi) is 22.8. The fourth-order valence-electron chi connectivity index (χ4n) is 2.69. The van der Waals surface area contributed by atoms with Gasteiger partial charge < -0.3 is 16.7 Å². The second-order valence-corrected chi connectivity index (χ2v) is 6.32. The van der Waals surface area contributed by atoms with Crippen molar-refractivity contribution < 1.29 is 51.1 Å². The number of rotatable bonds is 17. The molecule has 1 unspecified atom stereocenters. The summed E-state index contributed by atoms with van der Waals surface area (Å²) < 4.78 is 0. The van der Waals surface area contributed by atoms with Crippen LogP contribution in [0.1, 0.15) is 97.7 Å². The predicted molar refractivity (Wildman–Crippen MR) is 91.1 cm³/mol. The third-order valence-corrected chi connectivity index (χ3v) is 4.17. The minimum Gasteiger partial charge on any atom is -1.00 e. The van der Waals surface area contributed by atoms with Crippen molar-refractivity contribution in [3.63, 3.8) is 0 Å². The van der Waals surface area contributed by atoms with Crippen LogP contribution in [0.25, 0.3) is 0 Å². The van der Waals surface area contributed by atoms with Gasteiger partial charge in [-0.05, 0) is 12.8 Å². The summed E-state index contributed by atoms with van der Waals surface area (Å²) >= 11 is 0. The largest absolute Gasteiger partial charge is 1.00 e. The van der Waals surface area contributed by atoms with Gasteiger partial charge in [0, 0.05) is 6.61 Å². The first-order valence-electron chi connectivity index (χ1n) is 9.20. The summed E-state index contributed by atoms with van der Waals surface area (Å²) in [5, 5.41) is 26.3. The zero-order valence-electron chi connectivity index (χ0n) is 16.1. The molecule has 0 aliphatic heterocycles. The Morgan fingerprint density at radius 3 is 1.30 bits per heavy atom. The van der Waals surface area contributed by atoms with E-state index in [2.05, 4.69) is 0 Å². The molecular formula is C18H37NaO4. The molecule has 0 aliphatic rings. The topological polar surface area (TPSA) is 77.8 Å². The summed E-state index contributed by atoms with van der Waals surface area (Å²) in [5.74, 6) is -1.10. The van der Waals surface area contributed by atoms with Crippen LogP contribution in [-0.2, 0) is 4.79 Å². The van der Waals surface area contributed by atoms with Gasteiger partial charge in [0.25, 0.3) is 0 Å². The number of carboxylic acids is 1. The summed E-state index contributed by atoms with van der Waals surface area (Å²) in [5.41, 5.74) is 0. The van der Waals surface area contributed by atoms with Crippen LogP contribution in [0, 0.1) is 0 Å². The van der Waals surface area contributed by atoms with Crippen LogP contribution >= 0.6 is 0 Å². The maximum absolute atomic E-state index is 10.4. The Balaban J connectivity index is -0.00000220. The Bertz CT molecular complexity index is 255. The van der Waals surface area contributed by atoms with E-state index in [1.165, 1.54) is 64.2 Å². The number of hydrogen-bond donors (Lipinski definition) is 3. The van der Waals surface area contributed by atoms with Gasteiger partial charge in [-0.15, -0.1) is 0 Å². The van der Waals surface area contributed by atoms with E-state index in [1.54, 1.807) is 0 Å². The molecule has 0 bridgehead atoms. The summed E-state index contributed by atoms with van der Waals surface area (Å²) in [4.78, 5) is 10.4. The fourth-order valence-corrected chi connectivity index (χ4v) is 2.69. The van der Waals surface area contributed by atoms with Crippen LogP contribution in [0.3, 0.4) is 0 Å². The number of unbranched alkanes of at least 4 members (excludes halogenated alkanes) is 13. The third kappa shape index (κ3) is 20.3. The molecule has 0 saturated carbocycles. The number of carbonyl (C=O) groups is 1. The summed E-state index contributed by atoms with van der Waals surface area (Å²) in [6.45, 7) is 0.333. The third-order valence-electron chi connectivity index (χ3n) is 4.17. The molecule has 0 rings (SSSR count). The van der Waals surface area contributed by atoms with Gasteiger partial charge in [0.15, 0.2) is 6.10 Å². The van der Waals surface area contributed by atoms with Crippen LogP contribution in [0.15, 0.2) is 0 Å². The smallest absolute Gasteiger partial charge is 1.00 e. The van der Waals surface area contributed by atoms with Crippen LogP contribution in [0.4, 0.5) is 0 Å². The van der Waals surface area contributed by atoms with Gasteiger partial charge in [0.05, 0.1) is 0 Å². The maximum Gasteiger partial charge on any atom is 1.00 e. The van der Waals surface area contributed by atoms with Gasteiger partial charge in [0.2, 0.25) is 0 Å². The molecule has 1 atom stereocenters. The predicted octanol–water partition coefficient (Wildman–Crippen LogP) is 1.39. The number of aliphatic carboxylic acids is 1. The molecule has 0 aliphatic carbocycles. The van der Waals surface area contributed by atoms with Gasteiger partial charge in [0.1, 0.15) is 0 Å². The average Bonchev–Trinajstić information content (AvgIpc) is 2.50. The number of carboxylic acid groups (broad SMARTS) is 1. The first-order chi connectivity index (χ1) is 10.7. The van der Waals surface area contributed by atoms with Crippen molar-refractivity contribution in [3.8, 4) is 0 Å². The molecule has 0 amide bonds. The van der Waals surface area contributed by atoms with Crippen molar-refractivity contribution in [2.24, 2.45) is 0 Å². The normalized spacial score (nSPS) is 11.9. The fraction of sp³-hybridized carbons (Fsp3) is 0.944. The molecule has 0 aromatic rings. The van der Waals surface area contributed by atoms with E-state index >= 15 is 0 Å². The molecule has 0 heterocycles. The van der Waals surface area contributed by atoms with E-state index in [1.807, 2.05) is 0 Å². The van der Waals surface area contributed by atoms with Crippen molar-refractivity contribution in [2.75, 3.05) is 6.61 Å². The van der Waals surface area contributed by atoms with E-state index in [-0.39, 0.29) is 31.0 Å². The summed E-state index contributed by atoms with van der Waals surface area (Å²) in [7, 11) is 0. The zero-order chi connectivity index (χ0) is 16.5. The second-order valence-electron chi connectivity index (χ2n) is 6.32. The van der Waals surface area contributed by atoms with Crippen LogP contribution < -0.4 is 29.6 Å². The second kappa shape index (κ2) is 20.4. The van der Waals surface area contributed by atoms with Crippen molar-refractivity contribution in [1.29, 1.82) is 0 Å². The van der Waals surface area contributed by atoms with E-state index in [0.29, 0.717) is 13.0 Å². The molecule has 23 heavy (non-hydrogen) atoms. The molecule has 0 radical (unpaired) electrons. The molecule has 134 valence electrons. The summed E-state index contributed by atoms with van der Waals surface area (Å²) in [6, 6.07) is 0. The Hall–Kier alpha value is 0.390. The number of hydrogen-bond acceptors (Lipinski definition) is 3. The number of aliphatic hydroxyl groups excluding tert-OH is 2. The molecule has 0 spiro atoms. The van der Waals surface area contributed by atoms with Crippen molar-refractivity contribution >= 4 is 5.97 Å². The Morgan fingerprint density at radius 1 is 0.696 bits per heavy atom. The van der Waals surface area contributed by atoms with E-state index in [9.17, 15) is 4.79 Å². The molecular weight excluding hydrogens is 303 g/mol. The Labute approximate surface area is 165 Å². The van der Waals surface area contributed by atoms with Gasteiger partial charge in [-0.25, -0.2) is 4.79 Å². The van der Waals surface area contributed by atoms with Gasteiger partial charge >= 0.3 is 35.5 Å². The Morgan fingerprint density at radius 2 is 1.00 bits per heavy atom. The SMILES string of the molecule is O=C(O)C(O)CCCCCCCCCCCCCCCCO.[H-].[Na+]. The van der Waals surface area contributed by atoms with Crippen molar-refractivity contribution in [2.45, 2.75) is 102 Å². The van der Waals surface area contributed by atoms with Gasteiger partial charge in [-0.1, -0.05) is 83.5 Å². The van der Waals surface area contributed by atoms with Crippen molar-refractivity contribution in [3.05, 3.63) is 0 Å². The first kappa shape index (κ1) is 25.6. The standard InChI is InChI=1S/C18H36O4.Na.H/c19-16-14-12-10-8-6-4-2-1-3-5-7-9-11-13-15-17(20)18(21)22;;/h17,19-20H,1-16H2,(H,21,22);;/q;+1;-1. The van der Waals surface area contributed by atoms with E-state index < -0.39 is 12.1 Å². The molecule has 3 N–H and O–H groups in total. The summed E-state index contributed by atoms with van der Waals surface area (Å²) in [6.07, 6.45) is 16.0. The maximum atomic E-state index is 10.4. The van der Waals surface area contributed by atoms with Crippen LogP contribution in [0.5, 0.6) is 0 Å². The van der Waals surface area contributed by atoms with E-state index in [0.717, 1.165) is 25.7 Å². The van der Waals surface area contributed by atoms with Crippen molar-refractivity contribution in [1.82, 2.24) is 0 Å². The molecule has 0 fully saturated rings. The monoisotopic (exact) mass is 340 g/mol. The van der Waals surface area contributed by atoms with Gasteiger partial charge in [-0.3, -0.25) is 0 Å². The zero-order valence-corrected chi connectivity index (χ0v) is 17.1. The molecule has 0 saturated heterocycles. The molecule has 5 heteroatoms. The molecule has 0 aromatic heterocycles. The quantitative estimate of drug-likeness (QED) is 0.276. The molecule has 0 aromatic carbocycles. The average molecular weight is 340 g/mol.